The van der Waals surface area contributed by atoms with Crippen molar-refractivity contribution in [2.75, 3.05) is 18.0 Å². The molecule has 2 rings (SSSR count). The summed E-state index contributed by atoms with van der Waals surface area (Å²) in [5.74, 6) is 0. The van der Waals surface area contributed by atoms with Gasteiger partial charge < -0.3 is 15.1 Å². The lowest BCUT2D eigenvalue weighted by molar-refractivity contribution is 0.0572. The van der Waals surface area contributed by atoms with Crippen LogP contribution in [0, 0.1) is 11.3 Å². The maximum atomic E-state index is 9.46. The van der Waals surface area contributed by atoms with Crippen molar-refractivity contribution in [3.8, 4) is 6.07 Å². The Morgan fingerprint density at radius 1 is 1.31 bits per heavy atom. The van der Waals surface area contributed by atoms with Gasteiger partial charge in [0.05, 0.1) is 23.5 Å². The Balaban J connectivity index is 2.32. The van der Waals surface area contributed by atoms with E-state index in [2.05, 4.69) is 22.0 Å². The molecule has 1 aromatic carbocycles. The Bertz CT molecular complexity index is 434. The molecule has 0 saturated carbocycles. The molecule has 1 aliphatic heterocycles. The van der Waals surface area contributed by atoms with Crippen LogP contribution in [0.3, 0.4) is 0 Å². The van der Waals surface area contributed by atoms with Gasteiger partial charge in [0, 0.05) is 17.6 Å². The van der Waals surface area contributed by atoms with E-state index in [0.29, 0.717) is 18.7 Å². The van der Waals surface area contributed by atoms with Crippen LogP contribution in [0.5, 0.6) is 0 Å². The second-order valence-corrected chi connectivity index (χ2v) is 4.73. The number of benzene rings is 1. The average Bonchev–Trinajstić information content (AvgIpc) is 2.59. The van der Waals surface area contributed by atoms with Crippen molar-refractivity contribution in [2.45, 2.75) is 12.2 Å². The molecule has 1 aliphatic rings. The minimum Gasteiger partial charge on any atom is -0.389 e. The molecule has 1 fully saturated rings. The smallest absolute Gasteiger partial charge is 0.101 e. The molecule has 0 radical (unpaired) electrons. The summed E-state index contributed by atoms with van der Waals surface area (Å²) in [6.07, 6.45) is -1.48. The van der Waals surface area contributed by atoms with E-state index in [1.165, 1.54) is 0 Å². The molecule has 1 saturated heterocycles. The van der Waals surface area contributed by atoms with Gasteiger partial charge in [-0.25, -0.2) is 0 Å². The molecule has 0 aromatic heterocycles. The van der Waals surface area contributed by atoms with Crippen molar-refractivity contribution < 1.29 is 10.2 Å². The summed E-state index contributed by atoms with van der Waals surface area (Å²) in [6, 6.07) is 7.49. The van der Waals surface area contributed by atoms with Crippen LogP contribution < -0.4 is 4.90 Å². The fourth-order valence-corrected chi connectivity index (χ4v) is 2.20. The summed E-state index contributed by atoms with van der Waals surface area (Å²) in [5, 5.41) is 27.9. The van der Waals surface area contributed by atoms with Gasteiger partial charge in [0.15, 0.2) is 0 Å². The highest BCUT2D eigenvalue weighted by Gasteiger charge is 2.30. The molecule has 0 amide bonds. The predicted molar refractivity (Wildman–Crippen MR) is 63.1 cm³/mol. The third-order valence-corrected chi connectivity index (χ3v) is 3.17. The molecular formula is C11H11BrN2O2. The largest absolute Gasteiger partial charge is 0.389 e. The second kappa shape index (κ2) is 4.42. The topological polar surface area (TPSA) is 67.5 Å². The van der Waals surface area contributed by atoms with Crippen molar-refractivity contribution in [1.29, 1.82) is 5.26 Å². The van der Waals surface area contributed by atoms with Crippen LogP contribution in [-0.2, 0) is 0 Å². The molecule has 1 aromatic rings. The van der Waals surface area contributed by atoms with Gasteiger partial charge in [-0.1, -0.05) is 15.9 Å². The fraction of sp³-hybridized carbons (Fsp3) is 0.364. The second-order valence-electron chi connectivity index (χ2n) is 3.81. The first-order valence-corrected chi connectivity index (χ1v) is 5.72. The van der Waals surface area contributed by atoms with E-state index in [9.17, 15) is 10.2 Å². The molecular weight excluding hydrogens is 272 g/mol. The molecule has 84 valence electrons. The number of halogens is 1. The van der Waals surface area contributed by atoms with E-state index in [-0.39, 0.29) is 0 Å². The maximum Gasteiger partial charge on any atom is 0.101 e. The highest BCUT2D eigenvalue weighted by atomic mass is 79.9. The van der Waals surface area contributed by atoms with Crippen LogP contribution in [0.2, 0.25) is 0 Å². The van der Waals surface area contributed by atoms with Crippen molar-refractivity contribution in [2.24, 2.45) is 0 Å². The zero-order valence-electron chi connectivity index (χ0n) is 8.47. The monoisotopic (exact) mass is 282 g/mol. The zero-order valence-corrected chi connectivity index (χ0v) is 10.1. The molecule has 16 heavy (non-hydrogen) atoms. The van der Waals surface area contributed by atoms with Crippen LogP contribution in [0.15, 0.2) is 22.7 Å². The summed E-state index contributed by atoms with van der Waals surface area (Å²) in [4.78, 5) is 1.82. The van der Waals surface area contributed by atoms with Crippen molar-refractivity contribution in [3.05, 3.63) is 28.2 Å². The summed E-state index contributed by atoms with van der Waals surface area (Å²) in [7, 11) is 0. The molecule has 4 nitrogen and oxygen atoms in total. The predicted octanol–water partition coefficient (Wildman–Crippen LogP) is 0.863. The SMILES string of the molecule is N#Cc1cc(Br)ccc1N1CC(O)C(O)C1. The number of rotatable bonds is 1. The highest BCUT2D eigenvalue weighted by Crippen LogP contribution is 2.27. The molecule has 0 bridgehead atoms. The molecule has 5 heteroatoms. The Morgan fingerprint density at radius 3 is 2.50 bits per heavy atom. The Morgan fingerprint density at radius 2 is 1.94 bits per heavy atom. The molecule has 0 aliphatic carbocycles. The standard InChI is InChI=1S/C11H11BrN2O2/c12-8-1-2-9(7(3-8)4-13)14-5-10(15)11(16)6-14/h1-3,10-11,15-16H,5-6H2. The van der Waals surface area contributed by atoms with Gasteiger partial charge in [-0.05, 0) is 18.2 Å². The van der Waals surface area contributed by atoms with Crippen LogP contribution in [0.4, 0.5) is 5.69 Å². The Hall–Kier alpha value is -1.09. The lowest BCUT2D eigenvalue weighted by Gasteiger charge is -2.19. The van der Waals surface area contributed by atoms with Crippen LogP contribution in [-0.4, -0.2) is 35.5 Å². The van der Waals surface area contributed by atoms with Crippen molar-refractivity contribution in [1.82, 2.24) is 0 Å². The summed E-state index contributed by atoms with van der Waals surface area (Å²) < 4.78 is 0.841. The number of hydrogen-bond acceptors (Lipinski definition) is 4. The molecule has 1 heterocycles. The lowest BCUT2D eigenvalue weighted by atomic mass is 10.2. The first-order chi connectivity index (χ1) is 7.61. The normalized spacial score (nSPS) is 24.5. The van der Waals surface area contributed by atoms with Gasteiger partial charge in [-0.15, -0.1) is 0 Å². The third kappa shape index (κ3) is 2.05. The van der Waals surface area contributed by atoms with Crippen molar-refractivity contribution >= 4 is 21.6 Å². The zero-order chi connectivity index (χ0) is 11.7. The van der Waals surface area contributed by atoms with E-state index >= 15 is 0 Å². The first kappa shape index (κ1) is 11.4. The fourth-order valence-electron chi connectivity index (χ4n) is 1.84. The number of hydrogen-bond donors (Lipinski definition) is 2. The quantitative estimate of drug-likeness (QED) is 0.802. The Labute approximate surface area is 102 Å². The number of nitriles is 1. The molecule has 0 spiro atoms. The summed E-state index contributed by atoms with van der Waals surface area (Å²) in [5.41, 5.74) is 1.29. The molecule has 2 N–H and O–H groups in total. The van der Waals surface area contributed by atoms with Crippen molar-refractivity contribution in [3.63, 3.8) is 0 Å². The maximum absolute atomic E-state index is 9.46. The van der Waals surface area contributed by atoms with Crippen LogP contribution in [0.25, 0.3) is 0 Å². The van der Waals surface area contributed by atoms with Gasteiger partial charge in [0.2, 0.25) is 0 Å². The molecule has 2 unspecified atom stereocenters. The van der Waals surface area contributed by atoms with Crippen LogP contribution in [0.1, 0.15) is 5.56 Å². The third-order valence-electron chi connectivity index (χ3n) is 2.68. The van der Waals surface area contributed by atoms with Gasteiger partial charge in [0.25, 0.3) is 0 Å². The number of nitrogens with zero attached hydrogens (tertiary/aromatic N) is 2. The van der Waals surface area contributed by atoms with Crippen LogP contribution >= 0.6 is 15.9 Å². The Kier molecular flexibility index (Phi) is 3.15. The van der Waals surface area contributed by atoms with Gasteiger partial charge in [-0.2, -0.15) is 5.26 Å². The van der Waals surface area contributed by atoms with E-state index in [1.54, 1.807) is 6.07 Å². The highest BCUT2D eigenvalue weighted by molar-refractivity contribution is 9.10. The van der Waals surface area contributed by atoms with E-state index < -0.39 is 12.2 Å². The summed E-state index contributed by atoms with van der Waals surface area (Å²) in [6.45, 7) is 0.717. The van der Waals surface area contributed by atoms with E-state index in [0.717, 1.165) is 10.2 Å². The van der Waals surface area contributed by atoms with Gasteiger partial charge in [0.1, 0.15) is 6.07 Å². The number of β-amino-alcohol motifs (C(OH)–C–C–N with tert-alkyl or cyclic N) is 2. The van der Waals surface area contributed by atoms with Gasteiger partial charge >= 0.3 is 0 Å². The van der Waals surface area contributed by atoms with E-state index in [4.69, 9.17) is 5.26 Å². The van der Waals surface area contributed by atoms with Gasteiger partial charge in [-0.3, -0.25) is 0 Å². The minimum absolute atomic E-state index is 0.359. The number of aliphatic hydroxyl groups is 2. The average molecular weight is 283 g/mol. The number of anilines is 1. The molecule has 2 atom stereocenters. The lowest BCUT2D eigenvalue weighted by Crippen LogP contribution is -2.22. The summed E-state index contributed by atoms with van der Waals surface area (Å²) >= 11 is 3.30. The minimum atomic E-state index is -0.741. The first-order valence-electron chi connectivity index (χ1n) is 4.92. The van der Waals surface area contributed by atoms with E-state index in [1.807, 2.05) is 17.0 Å². The number of aliphatic hydroxyl groups excluding tert-OH is 2.